The lowest BCUT2D eigenvalue weighted by Gasteiger charge is -2.61. The summed E-state index contributed by atoms with van der Waals surface area (Å²) < 4.78 is 0. The summed E-state index contributed by atoms with van der Waals surface area (Å²) in [5.74, 6) is 1.97. The first-order chi connectivity index (χ1) is 8.98. The number of carbonyl (C=O) groups excluding carboxylic acids is 1. The van der Waals surface area contributed by atoms with Gasteiger partial charge in [0.15, 0.2) is 0 Å². The molecule has 0 spiro atoms. The Balaban J connectivity index is 1.61. The van der Waals surface area contributed by atoms with E-state index < -0.39 is 0 Å². The standard InChI is InChI=1S/C16H25NO2/c1-15-5-11-4-12(6-15)8-16(7-11,10-15)14(19)17-3-2-13(18)9-17/h11-13,18H,2-10H2,1H3. The predicted molar refractivity (Wildman–Crippen MR) is 72.4 cm³/mol. The Morgan fingerprint density at radius 1 is 1.21 bits per heavy atom. The van der Waals surface area contributed by atoms with E-state index in [0.717, 1.165) is 44.1 Å². The van der Waals surface area contributed by atoms with Crippen molar-refractivity contribution in [2.45, 2.75) is 58.0 Å². The summed E-state index contributed by atoms with van der Waals surface area (Å²) in [5, 5.41) is 9.69. The van der Waals surface area contributed by atoms with Crippen LogP contribution in [0, 0.1) is 22.7 Å². The van der Waals surface area contributed by atoms with E-state index in [9.17, 15) is 9.90 Å². The molecule has 5 fully saturated rings. The molecule has 106 valence electrons. The molecule has 3 nitrogen and oxygen atoms in total. The van der Waals surface area contributed by atoms with E-state index >= 15 is 0 Å². The van der Waals surface area contributed by atoms with Gasteiger partial charge < -0.3 is 10.0 Å². The molecule has 1 aliphatic heterocycles. The lowest BCUT2D eigenvalue weighted by molar-refractivity contribution is -0.165. The number of amides is 1. The lowest BCUT2D eigenvalue weighted by atomic mass is 9.44. The fraction of sp³-hybridized carbons (Fsp3) is 0.938. The molecule has 3 unspecified atom stereocenters. The van der Waals surface area contributed by atoms with Crippen LogP contribution in [0.1, 0.15) is 51.9 Å². The van der Waals surface area contributed by atoms with Crippen LogP contribution in [0.15, 0.2) is 0 Å². The van der Waals surface area contributed by atoms with Crippen molar-refractivity contribution < 1.29 is 9.90 Å². The van der Waals surface area contributed by atoms with Crippen molar-refractivity contribution in [3.05, 3.63) is 0 Å². The number of nitrogens with zero attached hydrogens (tertiary/aromatic N) is 1. The molecule has 3 atom stereocenters. The summed E-state index contributed by atoms with van der Waals surface area (Å²) in [7, 11) is 0. The van der Waals surface area contributed by atoms with Crippen LogP contribution in [-0.2, 0) is 4.79 Å². The SMILES string of the molecule is CC12CC3CC(C1)CC(C(=O)N1CCC(O)C1)(C3)C2. The van der Waals surface area contributed by atoms with Gasteiger partial charge in [-0.2, -0.15) is 0 Å². The van der Waals surface area contributed by atoms with Gasteiger partial charge in [-0.1, -0.05) is 6.92 Å². The molecule has 1 N–H and O–H groups in total. The first-order valence-corrected chi connectivity index (χ1v) is 7.96. The number of hydrogen-bond donors (Lipinski definition) is 1. The maximum Gasteiger partial charge on any atom is 0.228 e. The average molecular weight is 263 g/mol. The summed E-state index contributed by atoms with van der Waals surface area (Å²) in [5.41, 5.74) is 0.376. The van der Waals surface area contributed by atoms with E-state index in [1.165, 1.54) is 19.3 Å². The van der Waals surface area contributed by atoms with Gasteiger partial charge in [0.25, 0.3) is 0 Å². The number of aliphatic hydroxyl groups excluding tert-OH is 1. The van der Waals surface area contributed by atoms with Gasteiger partial charge in [0.1, 0.15) is 0 Å². The summed E-state index contributed by atoms with van der Waals surface area (Å²) >= 11 is 0. The van der Waals surface area contributed by atoms with Crippen LogP contribution in [0.25, 0.3) is 0 Å². The molecule has 5 aliphatic rings. The van der Waals surface area contributed by atoms with Gasteiger partial charge >= 0.3 is 0 Å². The summed E-state index contributed by atoms with van der Waals surface area (Å²) in [4.78, 5) is 15.0. The normalized spacial score (nSPS) is 51.9. The van der Waals surface area contributed by atoms with Gasteiger partial charge in [-0.15, -0.1) is 0 Å². The number of hydrogen-bond acceptors (Lipinski definition) is 2. The second kappa shape index (κ2) is 3.75. The third-order valence-electron chi connectivity index (χ3n) is 6.26. The highest BCUT2D eigenvalue weighted by Crippen LogP contribution is 2.65. The van der Waals surface area contributed by atoms with Gasteiger partial charge in [0.05, 0.1) is 11.5 Å². The number of β-amino-alcohol motifs (C(OH)–C–C–N with tert-alkyl or cyclic N) is 1. The fourth-order valence-electron chi connectivity index (χ4n) is 6.23. The first-order valence-electron chi connectivity index (χ1n) is 7.96. The van der Waals surface area contributed by atoms with E-state index in [1.807, 2.05) is 4.90 Å². The molecule has 0 aromatic carbocycles. The van der Waals surface area contributed by atoms with Gasteiger partial charge in [0, 0.05) is 13.1 Å². The average Bonchev–Trinajstić information content (AvgIpc) is 2.71. The molecule has 1 amide bonds. The van der Waals surface area contributed by atoms with Crippen LogP contribution >= 0.6 is 0 Å². The topological polar surface area (TPSA) is 40.5 Å². The molecule has 0 aromatic rings. The van der Waals surface area contributed by atoms with E-state index in [-0.39, 0.29) is 11.5 Å². The highest BCUT2D eigenvalue weighted by atomic mass is 16.3. The number of carbonyl (C=O) groups is 1. The molecule has 3 heteroatoms. The highest BCUT2D eigenvalue weighted by Gasteiger charge is 2.59. The Bertz CT molecular complexity index is 405. The van der Waals surface area contributed by atoms with Gasteiger partial charge in [-0.25, -0.2) is 0 Å². The quantitative estimate of drug-likeness (QED) is 0.788. The fourth-order valence-corrected chi connectivity index (χ4v) is 6.23. The molecule has 0 aromatic heterocycles. The zero-order valence-electron chi connectivity index (χ0n) is 11.9. The molecule has 4 saturated carbocycles. The van der Waals surface area contributed by atoms with Gasteiger partial charge in [-0.05, 0) is 62.2 Å². The summed E-state index contributed by atoms with van der Waals surface area (Å²) in [6.45, 7) is 3.76. The molecule has 0 radical (unpaired) electrons. The smallest absolute Gasteiger partial charge is 0.228 e. The van der Waals surface area contributed by atoms with Crippen LogP contribution in [0.5, 0.6) is 0 Å². The van der Waals surface area contributed by atoms with Crippen LogP contribution in [-0.4, -0.2) is 35.1 Å². The van der Waals surface area contributed by atoms with Crippen molar-refractivity contribution in [3.8, 4) is 0 Å². The Morgan fingerprint density at radius 3 is 2.42 bits per heavy atom. The van der Waals surface area contributed by atoms with Gasteiger partial charge in [0.2, 0.25) is 5.91 Å². The second-order valence-corrected chi connectivity index (χ2v) is 8.25. The zero-order valence-corrected chi connectivity index (χ0v) is 11.9. The Hall–Kier alpha value is -0.570. The largest absolute Gasteiger partial charge is 0.391 e. The maximum absolute atomic E-state index is 13.0. The number of likely N-dealkylation sites (tertiary alicyclic amines) is 1. The van der Waals surface area contributed by atoms with E-state index in [1.54, 1.807) is 0 Å². The Labute approximate surface area is 115 Å². The summed E-state index contributed by atoms with van der Waals surface area (Å²) in [6, 6.07) is 0. The molecule has 5 rings (SSSR count). The molecule has 4 bridgehead atoms. The Morgan fingerprint density at radius 2 is 1.89 bits per heavy atom. The molecule has 1 saturated heterocycles. The number of rotatable bonds is 1. The van der Waals surface area contributed by atoms with Crippen molar-refractivity contribution in [3.63, 3.8) is 0 Å². The predicted octanol–water partition coefficient (Wildman–Crippen LogP) is 2.19. The minimum absolute atomic E-state index is 0.0527. The molecule has 19 heavy (non-hydrogen) atoms. The molecular formula is C16H25NO2. The molecule has 4 aliphatic carbocycles. The minimum atomic E-state index is -0.284. The van der Waals surface area contributed by atoms with Crippen molar-refractivity contribution in [2.75, 3.05) is 13.1 Å². The van der Waals surface area contributed by atoms with Crippen LogP contribution in [0.4, 0.5) is 0 Å². The Kier molecular flexibility index (Phi) is 2.41. The highest BCUT2D eigenvalue weighted by molar-refractivity contribution is 5.83. The van der Waals surface area contributed by atoms with Crippen LogP contribution in [0.2, 0.25) is 0 Å². The maximum atomic E-state index is 13.0. The van der Waals surface area contributed by atoms with Crippen molar-refractivity contribution in [1.29, 1.82) is 0 Å². The van der Waals surface area contributed by atoms with E-state index in [2.05, 4.69) is 6.92 Å². The van der Waals surface area contributed by atoms with E-state index in [4.69, 9.17) is 0 Å². The first kappa shape index (κ1) is 12.2. The third-order valence-corrected chi connectivity index (χ3v) is 6.26. The van der Waals surface area contributed by atoms with Crippen molar-refractivity contribution >= 4 is 5.91 Å². The van der Waals surface area contributed by atoms with Crippen LogP contribution in [0.3, 0.4) is 0 Å². The minimum Gasteiger partial charge on any atom is -0.391 e. The number of aliphatic hydroxyl groups is 1. The third kappa shape index (κ3) is 1.77. The van der Waals surface area contributed by atoms with E-state index in [0.29, 0.717) is 17.9 Å². The lowest BCUT2D eigenvalue weighted by Crippen LogP contribution is -2.57. The van der Waals surface area contributed by atoms with Gasteiger partial charge in [-0.3, -0.25) is 4.79 Å². The molecule has 1 heterocycles. The van der Waals surface area contributed by atoms with Crippen molar-refractivity contribution in [1.82, 2.24) is 4.90 Å². The monoisotopic (exact) mass is 263 g/mol. The van der Waals surface area contributed by atoms with Crippen LogP contribution < -0.4 is 0 Å². The second-order valence-electron chi connectivity index (χ2n) is 8.25. The summed E-state index contributed by atoms with van der Waals surface area (Å²) in [6.07, 6.45) is 7.92. The van der Waals surface area contributed by atoms with Crippen molar-refractivity contribution in [2.24, 2.45) is 22.7 Å². The zero-order chi connectivity index (χ0) is 13.3. The molecular weight excluding hydrogens is 238 g/mol.